The molecule has 196 valence electrons. The van der Waals surface area contributed by atoms with E-state index in [9.17, 15) is 0 Å². The molecular formula is C30H41N7. The fourth-order valence-corrected chi connectivity index (χ4v) is 6.14. The van der Waals surface area contributed by atoms with Gasteiger partial charge in [-0.05, 0) is 95.0 Å². The van der Waals surface area contributed by atoms with Gasteiger partial charge in [-0.15, -0.1) is 0 Å². The number of imidazole rings is 2. The lowest BCUT2D eigenvalue weighted by Gasteiger charge is -2.27. The maximum absolute atomic E-state index is 4.94. The molecule has 5 rings (SSSR count). The van der Waals surface area contributed by atoms with Crippen LogP contribution in [0.25, 0.3) is 24.8 Å². The number of likely N-dealkylation sites (N-methyl/N-ethyl adjacent to an activating group) is 1. The molecule has 2 aromatic heterocycles. The predicted molar refractivity (Wildman–Crippen MR) is 153 cm³/mol. The smallest absolute Gasteiger partial charge is 0.124 e. The number of nitrogens with zero attached hydrogens (tertiary/aromatic N) is 3. The summed E-state index contributed by atoms with van der Waals surface area (Å²) in [6, 6.07) is 1.18. The van der Waals surface area contributed by atoms with Gasteiger partial charge in [0.1, 0.15) is 11.6 Å². The number of H-pyrrole nitrogens is 2. The second kappa shape index (κ2) is 11.2. The van der Waals surface area contributed by atoms with E-state index in [1.54, 1.807) is 0 Å². The summed E-state index contributed by atoms with van der Waals surface area (Å²) in [5.74, 6) is 2.00. The number of hydrogen-bond acceptors (Lipinski definition) is 5. The summed E-state index contributed by atoms with van der Waals surface area (Å²) in [4.78, 5) is 19.2. The molecule has 0 spiro atoms. The van der Waals surface area contributed by atoms with Gasteiger partial charge in [0.05, 0.1) is 34.2 Å². The van der Waals surface area contributed by atoms with Crippen LogP contribution in [0.5, 0.6) is 0 Å². The van der Waals surface area contributed by atoms with Gasteiger partial charge in [-0.1, -0.05) is 31.9 Å². The van der Waals surface area contributed by atoms with Gasteiger partial charge in [-0.3, -0.25) is 4.90 Å². The molecule has 5 heterocycles. The largest absolute Gasteiger partial charge is 0.341 e. The Morgan fingerprint density at radius 1 is 0.919 bits per heavy atom. The summed E-state index contributed by atoms with van der Waals surface area (Å²) in [5.41, 5.74) is 4.37. The van der Waals surface area contributed by atoms with Gasteiger partial charge >= 0.3 is 0 Å². The number of aromatic amines is 2. The summed E-state index contributed by atoms with van der Waals surface area (Å²) in [6.45, 7) is 16.6. The molecule has 0 aliphatic carbocycles. The summed E-state index contributed by atoms with van der Waals surface area (Å²) < 4.78 is 0. The Hall–Kier alpha value is -3.00. The Labute approximate surface area is 220 Å². The molecule has 2 aromatic rings. The van der Waals surface area contributed by atoms with E-state index in [1.807, 2.05) is 12.2 Å². The third-order valence-corrected chi connectivity index (χ3v) is 8.24. The lowest BCUT2D eigenvalue weighted by molar-refractivity contribution is 0.297. The molecule has 7 nitrogen and oxygen atoms in total. The van der Waals surface area contributed by atoms with Gasteiger partial charge in [0.2, 0.25) is 0 Å². The van der Waals surface area contributed by atoms with Crippen LogP contribution in [-0.2, 0) is 0 Å². The lowest BCUT2D eigenvalue weighted by Crippen LogP contribution is -2.35. The van der Waals surface area contributed by atoms with E-state index >= 15 is 0 Å². The molecular weight excluding hydrogens is 458 g/mol. The van der Waals surface area contributed by atoms with Crippen molar-refractivity contribution in [1.29, 1.82) is 0 Å². The number of aromatic nitrogens is 4. The third kappa shape index (κ3) is 5.21. The Balaban J connectivity index is 1.37. The van der Waals surface area contributed by atoms with Crippen LogP contribution in [0.2, 0.25) is 0 Å². The molecule has 37 heavy (non-hydrogen) atoms. The molecule has 0 bridgehead atoms. The fourth-order valence-electron chi connectivity index (χ4n) is 6.14. The molecule has 0 aromatic carbocycles. The van der Waals surface area contributed by atoms with Crippen molar-refractivity contribution < 1.29 is 0 Å². The van der Waals surface area contributed by atoms with E-state index < -0.39 is 0 Å². The molecule has 0 unspecified atom stereocenters. The minimum atomic E-state index is 0.268. The van der Waals surface area contributed by atoms with Crippen LogP contribution in [0, 0.1) is 0 Å². The van der Waals surface area contributed by atoms with Gasteiger partial charge in [0.15, 0.2) is 0 Å². The van der Waals surface area contributed by atoms with Crippen molar-refractivity contribution in [3.8, 4) is 0 Å². The monoisotopic (exact) mass is 499 g/mol. The van der Waals surface area contributed by atoms with Crippen molar-refractivity contribution >= 4 is 24.8 Å². The number of nitrogens with one attached hydrogen (secondary N) is 4. The van der Waals surface area contributed by atoms with Crippen LogP contribution >= 0.6 is 0 Å². The maximum Gasteiger partial charge on any atom is 0.124 e. The normalized spacial score (nSPS) is 27.9. The second-order valence-electron chi connectivity index (χ2n) is 10.5. The first-order valence-electron chi connectivity index (χ1n) is 13.7. The van der Waals surface area contributed by atoms with Crippen molar-refractivity contribution in [2.24, 2.45) is 0 Å². The molecule has 3 fully saturated rings. The molecule has 0 saturated carbocycles. The fraction of sp³-hybridized carbons (Fsp3) is 0.467. The summed E-state index contributed by atoms with van der Waals surface area (Å²) >= 11 is 0. The Morgan fingerprint density at radius 2 is 1.57 bits per heavy atom. The summed E-state index contributed by atoms with van der Waals surface area (Å²) in [5, 5.41) is 8.88. The highest BCUT2D eigenvalue weighted by Crippen LogP contribution is 2.33. The summed E-state index contributed by atoms with van der Waals surface area (Å²) in [6.07, 6.45) is 17.2. The zero-order valence-electron chi connectivity index (χ0n) is 22.3. The Bertz CT molecular complexity index is 1300. The molecule has 3 saturated heterocycles. The first-order valence-corrected chi connectivity index (χ1v) is 13.7. The SMILES string of the molecule is C=C/C(=C\c1nc([C@@H]2CCCN2)[nH]c1C=C)[C@@H]1CC[C@H](C(=C/C)/C=c2/nc([C@@H]3CCCN3)[nH]c2=C)N1C. The van der Waals surface area contributed by atoms with Crippen molar-refractivity contribution in [1.82, 2.24) is 35.5 Å². The average Bonchev–Trinajstić information content (AvgIpc) is 3.72. The minimum Gasteiger partial charge on any atom is -0.341 e. The van der Waals surface area contributed by atoms with Crippen LogP contribution in [0.1, 0.15) is 80.6 Å². The molecule has 3 aliphatic heterocycles. The van der Waals surface area contributed by atoms with Crippen molar-refractivity contribution in [2.75, 3.05) is 20.1 Å². The number of likely N-dealkylation sites (tertiary alicyclic amines) is 1. The first-order chi connectivity index (χ1) is 18.0. The Morgan fingerprint density at radius 3 is 2.14 bits per heavy atom. The van der Waals surface area contributed by atoms with Gasteiger partial charge in [0, 0.05) is 12.1 Å². The molecule has 0 amide bonds. The maximum atomic E-state index is 4.94. The lowest BCUT2D eigenvalue weighted by atomic mass is 10.0. The minimum absolute atomic E-state index is 0.268. The molecule has 4 atom stereocenters. The highest BCUT2D eigenvalue weighted by atomic mass is 15.2. The average molecular weight is 500 g/mol. The van der Waals surface area contributed by atoms with E-state index in [2.05, 4.69) is 77.4 Å². The van der Waals surface area contributed by atoms with Gasteiger partial charge < -0.3 is 20.6 Å². The quantitative estimate of drug-likeness (QED) is 0.418. The molecule has 4 N–H and O–H groups in total. The highest BCUT2D eigenvalue weighted by Gasteiger charge is 2.33. The van der Waals surface area contributed by atoms with Crippen molar-refractivity contribution in [3.05, 3.63) is 70.2 Å². The first kappa shape index (κ1) is 25.6. The van der Waals surface area contributed by atoms with Crippen LogP contribution in [0.4, 0.5) is 0 Å². The molecule has 7 heteroatoms. The van der Waals surface area contributed by atoms with Crippen LogP contribution < -0.4 is 21.3 Å². The van der Waals surface area contributed by atoms with E-state index in [4.69, 9.17) is 9.97 Å². The van der Waals surface area contributed by atoms with E-state index in [1.165, 1.54) is 24.0 Å². The number of hydrogen-bond donors (Lipinski definition) is 4. The standard InChI is InChI=1S/C30H41N7/c1-6-20(17-25-19(4)33-29(35-25)23-11-9-15-31-23)27-13-14-28(37(27)5)21(7-2)18-26-22(8-3)34-30(36-26)24-12-10-16-32-24/h6-8,17-18,23-24,27-28,31-32H,2-4,9-16H2,1,5H3,(H,33,35)(H,34,36)/b20-6+,21-18+,25-17+/t23-,24-,27+,28-/m0/s1. The molecule has 3 aliphatic rings. The van der Waals surface area contributed by atoms with Gasteiger partial charge in [-0.25, -0.2) is 9.97 Å². The number of allylic oxidation sites excluding steroid dienone is 1. The van der Waals surface area contributed by atoms with E-state index in [-0.39, 0.29) is 6.04 Å². The zero-order chi connectivity index (χ0) is 25.9. The van der Waals surface area contributed by atoms with Crippen molar-refractivity contribution in [3.63, 3.8) is 0 Å². The zero-order valence-corrected chi connectivity index (χ0v) is 22.3. The number of rotatable bonds is 8. The van der Waals surface area contributed by atoms with Crippen LogP contribution in [0.15, 0.2) is 36.5 Å². The van der Waals surface area contributed by atoms with Crippen LogP contribution in [0.3, 0.4) is 0 Å². The van der Waals surface area contributed by atoms with Gasteiger partial charge in [-0.2, -0.15) is 0 Å². The third-order valence-electron chi connectivity index (χ3n) is 8.24. The van der Waals surface area contributed by atoms with Crippen LogP contribution in [-0.4, -0.2) is 57.1 Å². The predicted octanol–water partition coefficient (Wildman–Crippen LogP) is 3.49. The molecule has 0 radical (unpaired) electrons. The summed E-state index contributed by atoms with van der Waals surface area (Å²) in [7, 11) is 2.22. The highest BCUT2D eigenvalue weighted by molar-refractivity contribution is 5.64. The van der Waals surface area contributed by atoms with E-state index in [0.29, 0.717) is 18.1 Å². The second-order valence-corrected chi connectivity index (χ2v) is 10.5. The Kier molecular flexibility index (Phi) is 7.74. The van der Waals surface area contributed by atoms with E-state index in [0.717, 1.165) is 72.5 Å². The van der Waals surface area contributed by atoms with Crippen molar-refractivity contribution in [2.45, 2.75) is 69.6 Å². The topological polar surface area (TPSA) is 84.7 Å². The van der Waals surface area contributed by atoms with Gasteiger partial charge in [0.25, 0.3) is 0 Å².